The molecule has 0 unspecified atom stereocenters. The smallest absolute Gasteiger partial charge is 0.473 e. The van der Waals surface area contributed by atoms with Crippen molar-refractivity contribution in [1.29, 1.82) is 0 Å². The minimum absolute atomic E-state index is 0.390. The van der Waals surface area contributed by atoms with E-state index in [0.29, 0.717) is 0 Å². The predicted octanol–water partition coefficient (Wildman–Crippen LogP) is -2.31. The molecule has 10 heteroatoms. The Kier molecular flexibility index (Phi) is 10.4. The van der Waals surface area contributed by atoms with E-state index in [2.05, 4.69) is 9.78 Å². The van der Waals surface area contributed by atoms with Crippen LogP contribution in [0.2, 0.25) is 0 Å². The molecule has 76 valence electrons. The van der Waals surface area contributed by atoms with Crippen LogP contribution >= 0.6 is 11.6 Å². The van der Waals surface area contributed by atoms with Gasteiger partial charge in [-0.2, -0.15) is 4.89 Å². The Balaban J connectivity index is 0. The van der Waals surface area contributed by atoms with Crippen molar-refractivity contribution < 1.29 is 39.5 Å². The van der Waals surface area contributed by atoms with Crippen LogP contribution in [0, 0.1) is 0 Å². The lowest BCUT2D eigenvalue weighted by Crippen LogP contribution is -2.15. The lowest BCUT2D eigenvalue weighted by atomic mass is 10.3. The Bertz CT molecular complexity index is 157. The summed E-state index contributed by atoms with van der Waals surface area (Å²) in [6.07, 6.45) is 0. The SMILES string of the molecule is O=C(O)C(=O)OOCCl.OB(O)O. The third-order valence-corrected chi connectivity index (χ3v) is 0.443. The summed E-state index contributed by atoms with van der Waals surface area (Å²) in [6.45, 7) is 0. The summed E-state index contributed by atoms with van der Waals surface area (Å²) >= 11 is 4.86. The summed E-state index contributed by atoms with van der Waals surface area (Å²) in [7, 11) is -2.17. The summed E-state index contributed by atoms with van der Waals surface area (Å²) in [4.78, 5) is 26.9. The zero-order valence-electron chi connectivity index (χ0n) is 6.08. The third kappa shape index (κ3) is 18.3. The second-order valence-corrected chi connectivity index (χ2v) is 1.47. The fourth-order valence-electron chi connectivity index (χ4n) is 0.111. The summed E-state index contributed by atoms with van der Waals surface area (Å²) in [5.74, 6) is -3.21. The predicted molar refractivity (Wildman–Crippen MR) is 37.9 cm³/mol. The molecule has 8 nitrogen and oxygen atoms in total. The van der Waals surface area contributed by atoms with E-state index in [0.717, 1.165) is 0 Å². The second-order valence-electron chi connectivity index (χ2n) is 1.25. The quantitative estimate of drug-likeness (QED) is 0.133. The Hall–Kier alpha value is -0.865. The third-order valence-electron chi connectivity index (χ3n) is 0.354. The number of carbonyl (C=O) groups excluding carboxylic acids is 1. The van der Waals surface area contributed by atoms with Gasteiger partial charge in [-0.15, -0.1) is 0 Å². The first-order valence-electron chi connectivity index (χ1n) is 2.58. The number of carboxylic acid groups (broad SMARTS) is 1. The van der Waals surface area contributed by atoms with Crippen LogP contribution in [0.5, 0.6) is 0 Å². The highest BCUT2D eigenvalue weighted by Crippen LogP contribution is 1.82. The molecule has 0 rings (SSSR count). The summed E-state index contributed by atoms with van der Waals surface area (Å²) in [5.41, 5.74) is 0. The Morgan fingerprint density at radius 1 is 1.31 bits per heavy atom. The van der Waals surface area contributed by atoms with Gasteiger partial charge in [0.15, 0.2) is 6.07 Å². The summed E-state index contributed by atoms with van der Waals surface area (Å²) < 4.78 is 0. The van der Waals surface area contributed by atoms with E-state index in [4.69, 9.17) is 31.8 Å². The van der Waals surface area contributed by atoms with Crippen LogP contribution in [0.15, 0.2) is 0 Å². The van der Waals surface area contributed by atoms with E-state index in [-0.39, 0.29) is 6.07 Å². The van der Waals surface area contributed by atoms with Gasteiger partial charge in [0.05, 0.1) is 0 Å². The van der Waals surface area contributed by atoms with Crippen molar-refractivity contribution in [3.05, 3.63) is 0 Å². The molecule has 0 saturated carbocycles. The number of hydrogen-bond donors (Lipinski definition) is 4. The minimum Gasteiger partial charge on any atom is -0.473 e. The van der Waals surface area contributed by atoms with Gasteiger partial charge < -0.3 is 20.2 Å². The van der Waals surface area contributed by atoms with E-state index in [1.807, 2.05) is 0 Å². The zero-order valence-corrected chi connectivity index (χ0v) is 6.84. The number of carboxylic acids is 1. The molecule has 0 heterocycles. The van der Waals surface area contributed by atoms with Crippen molar-refractivity contribution in [2.75, 3.05) is 6.07 Å². The number of halogens is 1. The van der Waals surface area contributed by atoms with E-state index < -0.39 is 19.3 Å². The highest BCUT2D eigenvalue weighted by molar-refractivity contribution is 6.30. The van der Waals surface area contributed by atoms with Crippen LogP contribution in [-0.2, 0) is 19.4 Å². The van der Waals surface area contributed by atoms with Crippen LogP contribution in [0.25, 0.3) is 0 Å². The number of rotatable bonds is 2. The summed E-state index contributed by atoms with van der Waals surface area (Å²) in [5, 5.41) is 29.3. The van der Waals surface area contributed by atoms with Gasteiger partial charge >= 0.3 is 19.3 Å². The molecule has 0 aliphatic heterocycles. The minimum atomic E-state index is -2.17. The van der Waals surface area contributed by atoms with Crippen LogP contribution in [0.3, 0.4) is 0 Å². The number of carbonyl (C=O) groups is 2. The van der Waals surface area contributed by atoms with Gasteiger partial charge in [-0.05, 0) is 0 Å². The standard InChI is InChI=1S/C3H3ClO5.BH3O3/c4-1-8-9-3(7)2(5)6;2-1(3)4/h1H2,(H,5,6);2-4H. The number of aliphatic carboxylic acids is 1. The highest BCUT2D eigenvalue weighted by Gasteiger charge is 2.13. The van der Waals surface area contributed by atoms with Gasteiger partial charge in [0, 0.05) is 0 Å². The molecule has 0 aliphatic rings. The zero-order chi connectivity index (χ0) is 10.9. The van der Waals surface area contributed by atoms with Gasteiger partial charge in [-0.25, -0.2) is 9.59 Å². The van der Waals surface area contributed by atoms with Crippen molar-refractivity contribution in [3.8, 4) is 0 Å². The molecule has 0 amide bonds. The molecule has 0 aromatic carbocycles. The lowest BCUT2D eigenvalue weighted by molar-refractivity contribution is -0.260. The van der Waals surface area contributed by atoms with Crippen LogP contribution in [0.1, 0.15) is 0 Å². The van der Waals surface area contributed by atoms with Crippen molar-refractivity contribution in [2.24, 2.45) is 0 Å². The van der Waals surface area contributed by atoms with Crippen molar-refractivity contribution in [3.63, 3.8) is 0 Å². The molecule has 0 saturated heterocycles. The van der Waals surface area contributed by atoms with E-state index >= 15 is 0 Å². The molecule has 4 N–H and O–H groups in total. The van der Waals surface area contributed by atoms with Gasteiger partial charge in [0.1, 0.15) is 0 Å². The van der Waals surface area contributed by atoms with Gasteiger partial charge in [-0.3, -0.25) is 4.89 Å². The Labute approximate surface area is 77.4 Å². The second kappa shape index (κ2) is 9.22. The topological polar surface area (TPSA) is 134 Å². The van der Waals surface area contributed by atoms with Crippen molar-refractivity contribution >= 4 is 30.9 Å². The number of hydrogen-bond acceptors (Lipinski definition) is 7. The van der Waals surface area contributed by atoms with E-state index in [1.54, 1.807) is 0 Å². The maximum Gasteiger partial charge on any atom is 0.631 e. The largest absolute Gasteiger partial charge is 0.631 e. The van der Waals surface area contributed by atoms with Crippen LogP contribution < -0.4 is 0 Å². The first-order chi connectivity index (χ1) is 5.91. The molecule has 0 radical (unpaired) electrons. The Morgan fingerprint density at radius 2 is 1.69 bits per heavy atom. The molecule has 0 aliphatic carbocycles. The first kappa shape index (κ1) is 14.6. The molecular weight excluding hydrogens is 210 g/mol. The molecule has 0 aromatic heterocycles. The maximum atomic E-state index is 9.90. The van der Waals surface area contributed by atoms with Gasteiger partial charge in [-0.1, -0.05) is 11.6 Å². The fourth-order valence-corrected chi connectivity index (χ4v) is 0.156. The van der Waals surface area contributed by atoms with Gasteiger partial charge in [0.2, 0.25) is 0 Å². The van der Waals surface area contributed by atoms with Crippen molar-refractivity contribution in [1.82, 2.24) is 0 Å². The lowest BCUT2D eigenvalue weighted by Gasteiger charge is -1.93. The summed E-state index contributed by atoms with van der Waals surface area (Å²) in [6, 6.07) is -0.390. The molecule has 0 bridgehead atoms. The molecule has 0 aromatic rings. The highest BCUT2D eigenvalue weighted by atomic mass is 35.5. The average Bonchev–Trinajstić information content (AvgIpc) is 1.98. The maximum absolute atomic E-state index is 9.90. The van der Waals surface area contributed by atoms with Gasteiger partial charge in [0.25, 0.3) is 0 Å². The van der Waals surface area contributed by atoms with Crippen LogP contribution in [0.4, 0.5) is 0 Å². The van der Waals surface area contributed by atoms with Crippen LogP contribution in [-0.4, -0.2) is 45.5 Å². The molecular formula is C3H6BClO8. The number of alkyl halides is 1. The molecule has 13 heavy (non-hydrogen) atoms. The van der Waals surface area contributed by atoms with Crippen molar-refractivity contribution in [2.45, 2.75) is 0 Å². The first-order valence-corrected chi connectivity index (χ1v) is 3.12. The molecule has 0 spiro atoms. The molecule has 0 fully saturated rings. The normalized spacial score (nSPS) is 8.00. The Morgan fingerprint density at radius 3 is 1.92 bits per heavy atom. The van der Waals surface area contributed by atoms with E-state index in [9.17, 15) is 9.59 Å². The monoisotopic (exact) mass is 216 g/mol. The molecule has 0 atom stereocenters. The fraction of sp³-hybridized carbons (Fsp3) is 0.333. The average molecular weight is 216 g/mol. The van der Waals surface area contributed by atoms with E-state index in [1.165, 1.54) is 0 Å².